The smallest absolute Gasteiger partial charge is 0.243 e. The molecule has 306 valence electrons. The summed E-state index contributed by atoms with van der Waals surface area (Å²) in [7, 11) is 0. The van der Waals surface area contributed by atoms with Crippen LogP contribution in [0.15, 0.2) is 103 Å². The SMILES string of the molecule is C[C@H](NC(=O)[C@@H](Cc1ccc2ccccc2c1)NCCN)C(=O)N[C@@H](Cc1c[nH]c2ccccc12)C(=O)N[C@H](Cc1ccccc1)C(=O)N[C@@H](CCCCN)C(N)=O. The molecule has 5 aromatic rings. The van der Waals surface area contributed by atoms with E-state index in [0.717, 1.165) is 38.4 Å². The Kier molecular flexibility index (Phi) is 15.9. The monoisotopic (exact) mass is 789 g/mol. The van der Waals surface area contributed by atoms with Crippen LogP contribution in [-0.2, 0) is 43.2 Å². The van der Waals surface area contributed by atoms with Crippen molar-refractivity contribution in [2.75, 3.05) is 19.6 Å². The molecule has 14 heteroatoms. The van der Waals surface area contributed by atoms with Crippen molar-refractivity contribution in [3.8, 4) is 0 Å². The molecule has 0 radical (unpaired) electrons. The van der Waals surface area contributed by atoms with E-state index >= 15 is 0 Å². The Morgan fingerprint density at radius 3 is 1.95 bits per heavy atom. The normalized spacial score (nSPS) is 13.8. The molecule has 4 aromatic carbocycles. The zero-order chi connectivity index (χ0) is 41.4. The number of H-pyrrole nitrogens is 1. The third-order valence-electron chi connectivity index (χ3n) is 10.1. The Labute approximate surface area is 338 Å². The summed E-state index contributed by atoms with van der Waals surface area (Å²) in [6.45, 7) is 2.66. The lowest BCUT2D eigenvalue weighted by molar-refractivity contribution is -0.134. The number of fused-ring (bicyclic) bond motifs is 2. The van der Waals surface area contributed by atoms with Gasteiger partial charge in [-0.1, -0.05) is 91.0 Å². The summed E-state index contributed by atoms with van der Waals surface area (Å²) in [4.78, 5) is 71.3. The van der Waals surface area contributed by atoms with Gasteiger partial charge in [0.25, 0.3) is 0 Å². The van der Waals surface area contributed by atoms with Crippen molar-refractivity contribution in [3.05, 3.63) is 120 Å². The first-order chi connectivity index (χ1) is 28.1. The van der Waals surface area contributed by atoms with Gasteiger partial charge in [0, 0.05) is 43.0 Å². The van der Waals surface area contributed by atoms with Gasteiger partial charge in [-0.25, -0.2) is 0 Å². The molecule has 14 nitrogen and oxygen atoms in total. The first-order valence-corrected chi connectivity index (χ1v) is 19.8. The number of unbranched alkanes of at least 4 members (excludes halogenated alkanes) is 1. The average Bonchev–Trinajstić information content (AvgIpc) is 3.64. The molecular formula is C44H55N9O5. The zero-order valence-electron chi connectivity index (χ0n) is 32.8. The zero-order valence-corrected chi connectivity index (χ0v) is 32.8. The van der Waals surface area contributed by atoms with Gasteiger partial charge in [0.15, 0.2) is 0 Å². The number of aromatic amines is 1. The van der Waals surface area contributed by atoms with Crippen LogP contribution < -0.4 is 43.8 Å². The second kappa shape index (κ2) is 21.4. The topological polar surface area (TPSA) is 239 Å². The molecule has 0 saturated heterocycles. The van der Waals surface area contributed by atoms with Gasteiger partial charge in [0.2, 0.25) is 29.5 Å². The fourth-order valence-electron chi connectivity index (χ4n) is 6.90. The van der Waals surface area contributed by atoms with Crippen molar-refractivity contribution in [2.45, 2.75) is 75.7 Å². The minimum absolute atomic E-state index is 0.0631. The summed E-state index contributed by atoms with van der Waals surface area (Å²) in [5, 5.41) is 17.4. The lowest BCUT2D eigenvalue weighted by atomic mass is 10.0. The van der Waals surface area contributed by atoms with Gasteiger partial charge in [-0.15, -0.1) is 0 Å². The van der Waals surface area contributed by atoms with Crippen LogP contribution in [0.5, 0.6) is 0 Å². The van der Waals surface area contributed by atoms with Gasteiger partial charge in [-0.3, -0.25) is 24.0 Å². The molecule has 58 heavy (non-hydrogen) atoms. The third kappa shape index (κ3) is 12.2. The number of nitrogens with two attached hydrogens (primary N) is 3. The van der Waals surface area contributed by atoms with E-state index in [1.54, 1.807) is 13.1 Å². The van der Waals surface area contributed by atoms with Crippen LogP contribution >= 0.6 is 0 Å². The Morgan fingerprint density at radius 2 is 1.22 bits per heavy atom. The molecule has 0 fully saturated rings. The molecule has 0 aliphatic rings. The van der Waals surface area contributed by atoms with Crippen LogP contribution in [0, 0.1) is 0 Å². The van der Waals surface area contributed by atoms with E-state index in [2.05, 4.69) is 31.6 Å². The summed E-state index contributed by atoms with van der Waals surface area (Å²) in [5.74, 6) is -2.94. The van der Waals surface area contributed by atoms with Gasteiger partial charge in [-0.2, -0.15) is 0 Å². The Hall–Kier alpha value is -6.09. The van der Waals surface area contributed by atoms with Gasteiger partial charge < -0.3 is 48.8 Å². The quantitative estimate of drug-likeness (QED) is 0.0468. The molecule has 0 spiro atoms. The number of hydrogen-bond acceptors (Lipinski definition) is 8. The number of carbonyl (C=O) groups is 5. The Morgan fingerprint density at radius 1 is 0.603 bits per heavy atom. The maximum atomic E-state index is 14.3. The molecular weight excluding hydrogens is 735 g/mol. The molecule has 12 N–H and O–H groups in total. The van der Waals surface area contributed by atoms with Crippen LogP contribution in [0.3, 0.4) is 0 Å². The van der Waals surface area contributed by atoms with E-state index in [4.69, 9.17) is 17.2 Å². The summed E-state index contributed by atoms with van der Waals surface area (Å²) in [6.07, 6.45) is 3.79. The lowest BCUT2D eigenvalue weighted by Crippen LogP contribution is -2.59. The third-order valence-corrected chi connectivity index (χ3v) is 10.1. The number of rotatable bonds is 22. The van der Waals surface area contributed by atoms with Gasteiger partial charge >= 0.3 is 0 Å². The van der Waals surface area contributed by atoms with E-state index in [1.165, 1.54) is 0 Å². The van der Waals surface area contributed by atoms with Crippen molar-refractivity contribution in [2.24, 2.45) is 17.2 Å². The highest BCUT2D eigenvalue weighted by molar-refractivity contribution is 5.96. The molecule has 1 aromatic heterocycles. The van der Waals surface area contributed by atoms with Crippen LogP contribution in [-0.4, -0.2) is 84.4 Å². The van der Waals surface area contributed by atoms with E-state index < -0.39 is 59.7 Å². The fourth-order valence-corrected chi connectivity index (χ4v) is 6.90. The number of nitrogens with one attached hydrogen (secondary N) is 6. The fraction of sp³-hybridized carbons (Fsp3) is 0.341. The molecule has 1 heterocycles. The van der Waals surface area contributed by atoms with Crippen molar-refractivity contribution in [1.29, 1.82) is 0 Å². The van der Waals surface area contributed by atoms with Crippen molar-refractivity contribution < 1.29 is 24.0 Å². The summed E-state index contributed by atoms with van der Waals surface area (Å²) in [6, 6.07) is 25.7. The average molecular weight is 790 g/mol. The van der Waals surface area contributed by atoms with Crippen LogP contribution in [0.25, 0.3) is 21.7 Å². The van der Waals surface area contributed by atoms with Gasteiger partial charge in [0.05, 0.1) is 6.04 Å². The maximum Gasteiger partial charge on any atom is 0.243 e. The molecule has 0 bridgehead atoms. The molecule has 0 aliphatic heterocycles. The number of amides is 5. The highest BCUT2D eigenvalue weighted by Gasteiger charge is 2.32. The first-order valence-electron chi connectivity index (χ1n) is 19.8. The molecule has 5 amide bonds. The largest absolute Gasteiger partial charge is 0.368 e. The molecule has 0 aliphatic carbocycles. The van der Waals surface area contributed by atoms with E-state index in [9.17, 15) is 24.0 Å². The van der Waals surface area contributed by atoms with Gasteiger partial charge in [0.1, 0.15) is 24.2 Å². The minimum Gasteiger partial charge on any atom is -0.368 e. The molecule has 5 atom stereocenters. The van der Waals surface area contributed by atoms with Gasteiger partial charge in [-0.05, 0) is 72.7 Å². The molecule has 0 saturated carbocycles. The predicted molar refractivity (Wildman–Crippen MR) is 226 cm³/mol. The van der Waals surface area contributed by atoms with Crippen molar-refractivity contribution in [3.63, 3.8) is 0 Å². The van der Waals surface area contributed by atoms with Crippen LogP contribution in [0.4, 0.5) is 0 Å². The number of hydrogen-bond donors (Lipinski definition) is 9. The summed E-state index contributed by atoms with van der Waals surface area (Å²) < 4.78 is 0. The second-order valence-electron chi connectivity index (χ2n) is 14.5. The highest BCUT2D eigenvalue weighted by atomic mass is 16.2. The summed E-state index contributed by atoms with van der Waals surface area (Å²) in [5.41, 5.74) is 20.3. The number of primary amides is 1. The predicted octanol–water partition coefficient (Wildman–Crippen LogP) is 1.84. The minimum atomic E-state index is -1.17. The maximum absolute atomic E-state index is 14.3. The van der Waals surface area contributed by atoms with Crippen molar-refractivity contribution in [1.82, 2.24) is 31.6 Å². The van der Waals surface area contributed by atoms with E-state index in [0.29, 0.717) is 38.9 Å². The molecule has 5 rings (SSSR count). The summed E-state index contributed by atoms with van der Waals surface area (Å²) >= 11 is 0. The highest BCUT2D eigenvalue weighted by Crippen LogP contribution is 2.20. The Balaban J connectivity index is 1.35. The van der Waals surface area contributed by atoms with Crippen LogP contribution in [0.2, 0.25) is 0 Å². The standard InChI is InChI=1S/C44H55N9O5/c1-28(50-42(56)37(48-22-21-46)25-30-18-19-31-13-5-6-14-32(31)23-30)41(55)52-39(26-33-27-49-35-16-8-7-15-34(33)35)44(58)53-38(24-29-11-3-2-4-12-29)43(57)51-36(40(47)54)17-9-10-20-45/h2-8,11-16,18-19,23,27-28,36-39,48-49H,9-10,17,20-22,24-26,45-46H2,1H3,(H2,47,54)(H,50,56)(H,51,57)(H,52,55)(H,53,58)/t28-,36-,37+,38+,39-/m0/s1. The number of benzene rings is 4. The van der Waals surface area contributed by atoms with Crippen LogP contribution in [0.1, 0.15) is 42.9 Å². The first kappa shape index (κ1) is 43.0. The number of aromatic nitrogens is 1. The molecule has 0 unspecified atom stereocenters. The number of carbonyl (C=O) groups excluding carboxylic acids is 5. The van der Waals surface area contributed by atoms with E-state index in [-0.39, 0.29) is 19.3 Å². The second-order valence-corrected chi connectivity index (χ2v) is 14.5. The number of para-hydroxylation sites is 1. The van der Waals surface area contributed by atoms with Crippen molar-refractivity contribution >= 4 is 51.2 Å². The van der Waals surface area contributed by atoms with E-state index in [1.807, 2.05) is 97.1 Å². The Bertz CT molecular complexity index is 2160. The lowest BCUT2D eigenvalue weighted by Gasteiger charge is -2.26.